The largest absolute Gasteiger partial charge is 0.444 e. The molecule has 0 heterocycles. The maximum atomic E-state index is 11.6. The van der Waals surface area contributed by atoms with Crippen molar-refractivity contribution >= 4 is 33.6 Å². The molecule has 1 aliphatic carbocycles. The Morgan fingerprint density at radius 1 is 1.43 bits per heavy atom. The van der Waals surface area contributed by atoms with Crippen molar-refractivity contribution in [3.8, 4) is 0 Å². The average molecular weight is 376 g/mol. The normalized spacial score (nSPS) is 21.0. The first-order valence-electron chi connectivity index (χ1n) is 6.91. The summed E-state index contributed by atoms with van der Waals surface area (Å²) in [7, 11) is 0. The second-order valence-electron chi connectivity index (χ2n) is 6.22. The van der Waals surface area contributed by atoms with Crippen molar-refractivity contribution in [2.24, 2.45) is 0 Å². The summed E-state index contributed by atoms with van der Waals surface area (Å²) in [5, 5.41) is 6.96. The Bertz CT molecular complexity index is 531. The molecule has 0 saturated heterocycles. The monoisotopic (exact) mass is 374 g/mol. The van der Waals surface area contributed by atoms with Crippen molar-refractivity contribution in [2.75, 3.05) is 0 Å². The van der Waals surface area contributed by atoms with Gasteiger partial charge < -0.3 is 15.4 Å². The molecule has 0 bridgehead atoms. The van der Waals surface area contributed by atoms with E-state index >= 15 is 0 Å². The first-order chi connectivity index (χ1) is 9.74. The summed E-state index contributed by atoms with van der Waals surface area (Å²) < 4.78 is 6.12. The molecular formula is C15H20BrClN2O2. The van der Waals surface area contributed by atoms with Crippen LogP contribution >= 0.6 is 27.5 Å². The van der Waals surface area contributed by atoms with E-state index in [1.165, 1.54) is 0 Å². The van der Waals surface area contributed by atoms with Crippen molar-refractivity contribution in [3.05, 3.63) is 33.3 Å². The lowest BCUT2D eigenvalue weighted by atomic mass is 10.2. The van der Waals surface area contributed by atoms with Gasteiger partial charge in [-0.2, -0.15) is 0 Å². The molecular weight excluding hydrogens is 356 g/mol. The van der Waals surface area contributed by atoms with Crippen molar-refractivity contribution in [3.63, 3.8) is 0 Å². The lowest BCUT2D eigenvalue weighted by Crippen LogP contribution is -2.36. The zero-order chi connectivity index (χ0) is 15.6. The predicted octanol–water partition coefficient (Wildman–Crippen LogP) is 3.86. The zero-order valence-electron chi connectivity index (χ0n) is 12.4. The summed E-state index contributed by atoms with van der Waals surface area (Å²) >= 11 is 9.42. The fourth-order valence-electron chi connectivity index (χ4n) is 1.94. The van der Waals surface area contributed by atoms with Gasteiger partial charge in [-0.15, -0.1) is 0 Å². The van der Waals surface area contributed by atoms with Crippen LogP contribution in [0.25, 0.3) is 0 Å². The molecule has 0 aromatic heterocycles. The fraction of sp³-hybridized carbons (Fsp3) is 0.533. The lowest BCUT2D eigenvalue weighted by molar-refractivity contribution is 0.0522. The third kappa shape index (κ3) is 5.49. The van der Waals surface area contributed by atoms with Crippen LogP contribution in [0.15, 0.2) is 22.7 Å². The molecule has 2 atom stereocenters. The Labute approximate surface area is 138 Å². The number of hydrogen-bond donors (Lipinski definition) is 2. The predicted molar refractivity (Wildman–Crippen MR) is 87.6 cm³/mol. The molecule has 0 radical (unpaired) electrons. The zero-order valence-corrected chi connectivity index (χ0v) is 14.7. The molecule has 116 valence electrons. The Balaban J connectivity index is 1.72. The van der Waals surface area contributed by atoms with Crippen LogP contribution in [0.3, 0.4) is 0 Å². The molecule has 2 unspecified atom stereocenters. The molecule has 1 amide bonds. The Kier molecular flexibility index (Phi) is 5.17. The van der Waals surface area contributed by atoms with Gasteiger partial charge >= 0.3 is 6.09 Å². The van der Waals surface area contributed by atoms with Crippen LogP contribution < -0.4 is 10.6 Å². The van der Waals surface area contributed by atoms with E-state index in [-0.39, 0.29) is 12.1 Å². The van der Waals surface area contributed by atoms with E-state index in [9.17, 15) is 4.79 Å². The Morgan fingerprint density at radius 3 is 2.76 bits per heavy atom. The van der Waals surface area contributed by atoms with Gasteiger partial charge in [0.05, 0.1) is 5.02 Å². The van der Waals surface area contributed by atoms with E-state index in [1.807, 2.05) is 39.0 Å². The number of ether oxygens (including phenoxy) is 1. The van der Waals surface area contributed by atoms with Crippen LogP contribution in [0, 0.1) is 0 Å². The highest BCUT2D eigenvalue weighted by Gasteiger charge is 2.38. The van der Waals surface area contributed by atoms with Gasteiger partial charge in [0.25, 0.3) is 0 Å². The van der Waals surface area contributed by atoms with Crippen LogP contribution in [0.4, 0.5) is 4.79 Å². The van der Waals surface area contributed by atoms with Gasteiger partial charge in [0.15, 0.2) is 0 Å². The summed E-state index contributed by atoms with van der Waals surface area (Å²) in [4.78, 5) is 11.6. The van der Waals surface area contributed by atoms with Crippen molar-refractivity contribution < 1.29 is 9.53 Å². The minimum absolute atomic E-state index is 0.144. The molecule has 1 fully saturated rings. The molecule has 6 heteroatoms. The highest BCUT2D eigenvalue weighted by molar-refractivity contribution is 9.10. The molecule has 2 rings (SSSR count). The number of carbonyl (C=O) groups is 1. The standard InChI is InChI=1S/C15H20BrClN2O2/c1-15(2,3)21-14(20)19-13-7-12(13)18-8-9-4-5-10(16)11(17)6-9/h4-6,12-13,18H,7-8H2,1-3H3,(H,19,20). The number of nitrogens with one attached hydrogen (secondary N) is 2. The lowest BCUT2D eigenvalue weighted by Gasteiger charge is -2.19. The number of carbonyl (C=O) groups excluding carboxylic acids is 1. The van der Waals surface area contributed by atoms with E-state index in [0.717, 1.165) is 23.0 Å². The first-order valence-corrected chi connectivity index (χ1v) is 8.08. The first kappa shape index (κ1) is 16.6. The van der Waals surface area contributed by atoms with Crippen LogP contribution in [0.2, 0.25) is 5.02 Å². The van der Waals surface area contributed by atoms with Crippen LogP contribution in [0.5, 0.6) is 0 Å². The number of alkyl carbamates (subject to hydrolysis) is 1. The van der Waals surface area contributed by atoms with Crippen LogP contribution in [-0.4, -0.2) is 23.8 Å². The van der Waals surface area contributed by atoms with Gasteiger partial charge in [-0.3, -0.25) is 0 Å². The molecule has 1 aliphatic rings. The minimum atomic E-state index is -0.462. The third-order valence-corrected chi connectivity index (χ3v) is 4.28. The highest BCUT2D eigenvalue weighted by Crippen LogP contribution is 2.25. The van der Waals surface area contributed by atoms with Gasteiger partial charge in [-0.1, -0.05) is 17.7 Å². The average Bonchev–Trinajstić information content (AvgIpc) is 3.06. The number of amides is 1. The van der Waals surface area contributed by atoms with Gasteiger partial charge in [-0.05, 0) is 60.8 Å². The summed E-state index contributed by atoms with van der Waals surface area (Å²) in [6.07, 6.45) is 0.562. The van der Waals surface area contributed by atoms with Crippen LogP contribution in [0.1, 0.15) is 32.8 Å². The van der Waals surface area contributed by atoms with E-state index in [0.29, 0.717) is 11.1 Å². The SMILES string of the molecule is CC(C)(C)OC(=O)NC1CC1NCc1ccc(Br)c(Cl)c1. The maximum Gasteiger partial charge on any atom is 0.407 e. The Morgan fingerprint density at radius 2 is 2.14 bits per heavy atom. The fourth-order valence-corrected chi connectivity index (χ4v) is 2.39. The number of halogens is 2. The number of rotatable bonds is 4. The summed E-state index contributed by atoms with van der Waals surface area (Å²) in [5.41, 5.74) is 0.655. The molecule has 1 aromatic rings. The maximum absolute atomic E-state index is 11.6. The molecule has 1 saturated carbocycles. The van der Waals surface area contributed by atoms with E-state index in [4.69, 9.17) is 16.3 Å². The van der Waals surface area contributed by atoms with E-state index in [2.05, 4.69) is 26.6 Å². The second kappa shape index (κ2) is 6.55. The van der Waals surface area contributed by atoms with Crippen molar-refractivity contribution in [2.45, 2.75) is 51.4 Å². The molecule has 1 aromatic carbocycles. The van der Waals surface area contributed by atoms with E-state index < -0.39 is 5.60 Å². The van der Waals surface area contributed by atoms with Crippen molar-refractivity contribution in [1.82, 2.24) is 10.6 Å². The summed E-state index contributed by atoms with van der Waals surface area (Å²) in [6, 6.07) is 6.31. The van der Waals surface area contributed by atoms with Crippen molar-refractivity contribution in [1.29, 1.82) is 0 Å². The van der Waals surface area contributed by atoms with Gasteiger partial charge in [0, 0.05) is 23.1 Å². The van der Waals surface area contributed by atoms with Gasteiger partial charge in [0.1, 0.15) is 5.60 Å². The molecule has 0 spiro atoms. The van der Waals surface area contributed by atoms with Crippen LogP contribution in [-0.2, 0) is 11.3 Å². The number of hydrogen-bond acceptors (Lipinski definition) is 3. The molecule has 0 aliphatic heterocycles. The van der Waals surface area contributed by atoms with Gasteiger partial charge in [0.2, 0.25) is 0 Å². The topological polar surface area (TPSA) is 50.4 Å². The second-order valence-corrected chi connectivity index (χ2v) is 7.49. The van der Waals surface area contributed by atoms with E-state index in [1.54, 1.807) is 0 Å². The quantitative estimate of drug-likeness (QED) is 0.840. The van der Waals surface area contributed by atoms with Gasteiger partial charge in [-0.25, -0.2) is 4.79 Å². The molecule has 2 N–H and O–H groups in total. The smallest absolute Gasteiger partial charge is 0.407 e. The molecule has 21 heavy (non-hydrogen) atoms. The summed E-state index contributed by atoms with van der Waals surface area (Å²) in [5.74, 6) is 0. The minimum Gasteiger partial charge on any atom is -0.444 e. The highest BCUT2D eigenvalue weighted by atomic mass is 79.9. The Hall–Kier alpha value is -0.780. The third-order valence-electron chi connectivity index (χ3n) is 3.04. The summed E-state index contributed by atoms with van der Waals surface area (Å²) in [6.45, 7) is 6.29. The molecule has 4 nitrogen and oxygen atoms in total. The number of benzene rings is 1.